The first kappa shape index (κ1) is 13.0. The van der Waals surface area contributed by atoms with Crippen LogP contribution in [0.4, 0.5) is 0 Å². The molecule has 0 bridgehead atoms. The Kier molecular flexibility index (Phi) is 3.55. The third-order valence-corrected chi connectivity index (χ3v) is 4.26. The van der Waals surface area contributed by atoms with Crippen molar-refractivity contribution in [2.45, 2.75) is 63.3 Å². The topological polar surface area (TPSA) is 38.1 Å². The van der Waals surface area contributed by atoms with Crippen molar-refractivity contribution in [3.05, 3.63) is 11.9 Å². The highest BCUT2D eigenvalue weighted by Crippen LogP contribution is 2.41. The van der Waals surface area contributed by atoms with Crippen LogP contribution < -0.4 is 0 Å². The molecule has 1 N–H and O–H groups in total. The van der Waals surface area contributed by atoms with Crippen molar-refractivity contribution in [1.82, 2.24) is 9.55 Å². The first-order valence-corrected chi connectivity index (χ1v) is 7.29. The molecule has 17 heavy (non-hydrogen) atoms. The van der Waals surface area contributed by atoms with Crippen LogP contribution in [0, 0.1) is 0 Å². The highest BCUT2D eigenvalue weighted by Gasteiger charge is 2.29. The minimum Gasteiger partial charge on any atom is -0.390 e. The molecule has 0 aliphatic heterocycles. The van der Waals surface area contributed by atoms with E-state index in [4.69, 9.17) is 0 Å². The fourth-order valence-corrected chi connectivity index (χ4v) is 2.83. The summed E-state index contributed by atoms with van der Waals surface area (Å²) in [6.45, 7) is 8.10. The summed E-state index contributed by atoms with van der Waals surface area (Å²) in [6.07, 6.45) is 4.54. The van der Waals surface area contributed by atoms with Gasteiger partial charge in [0, 0.05) is 23.7 Å². The number of thioether (sulfide) groups is 1. The van der Waals surface area contributed by atoms with Gasteiger partial charge in [0.15, 0.2) is 5.16 Å². The molecule has 1 aliphatic rings. The molecule has 3 nitrogen and oxygen atoms in total. The number of nitrogens with zero attached hydrogens (tertiary/aromatic N) is 2. The maximum atomic E-state index is 9.78. The summed E-state index contributed by atoms with van der Waals surface area (Å²) in [5.41, 5.74) is 0.689. The van der Waals surface area contributed by atoms with Gasteiger partial charge in [0.05, 0.1) is 5.60 Å². The van der Waals surface area contributed by atoms with E-state index in [2.05, 4.69) is 23.4 Å². The van der Waals surface area contributed by atoms with Crippen LogP contribution in [0.25, 0.3) is 0 Å². The molecule has 2 rings (SSSR count). The molecular formula is C13H22N2OS. The Morgan fingerprint density at radius 3 is 2.65 bits per heavy atom. The van der Waals surface area contributed by atoms with Gasteiger partial charge in [-0.05, 0) is 32.6 Å². The normalized spacial score (nSPS) is 16.8. The van der Waals surface area contributed by atoms with E-state index < -0.39 is 5.60 Å². The van der Waals surface area contributed by atoms with Crippen LogP contribution in [0.2, 0.25) is 0 Å². The molecule has 1 aromatic heterocycles. The van der Waals surface area contributed by atoms with Gasteiger partial charge in [-0.15, -0.1) is 0 Å². The number of aliphatic hydroxyl groups is 1. The molecular weight excluding hydrogens is 232 g/mol. The Balaban J connectivity index is 2.16. The van der Waals surface area contributed by atoms with Crippen LogP contribution in [-0.4, -0.2) is 26.0 Å². The Morgan fingerprint density at radius 1 is 1.53 bits per heavy atom. The van der Waals surface area contributed by atoms with Gasteiger partial charge in [-0.1, -0.05) is 25.6 Å². The summed E-state index contributed by atoms with van der Waals surface area (Å²) in [4.78, 5) is 4.52. The third kappa shape index (κ3) is 3.26. The van der Waals surface area contributed by atoms with E-state index in [1.54, 1.807) is 11.8 Å². The molecule has 0 spiro atoms. The van der Waals surface area contributed by atoms with Gasteiger partial charge in [0.1, 0.15) is 0 Å². The molecule has 1 aromatic rings. The first-order valence-electron chi connectivity index (χ1n) is 6.31. The number of rotatable bonds is 5. The molecule has 0 saturated heterocycles. The molecule has 1 heterocycles. The van der Waals surface area contributed by atoms with Crippen molar-refractivity contribution in [2.75, 3.05) is 5.75 Å². The second-order valence-electron chi connectivity index (χ2n) is 5.82. The van der Waals surface area contributed by atoms with Crippen LogP contribution in [0.15, 0.2) is 11.4 Å². The van der Waals surface area contributed by atoms with Crippen molar-refractivity contribution in [2.24, 2.45) is 0 Å². The Hall–Kier alpha value is -0.480. The molecule has 0 amide bonds. The Bertz CT molecular complexity index is 389. The number of aromatic nitrogens is 2. The average Bonchev–Trinajstić information content (AvgIpc) is 2.93. The molecule has 0 atom stereocenters. The number of hydrogen-bond donors (Lipinski definition) is 1. The lowest BCUT2D eigenvalue weighted by Gasteiger charge is -2.17. The van der Waals surface area contributed by atoms with Crippen LogP contribution >= 0.6 is 11.8 Å². The van der Waals surface area contributed by atoms with E-state index in [9.17, 15) is 5.11 Å². The first-order chi connectivity index (χ1) is 7.88. The van der Waals surface area contributed by atoms with Crippen molar-refractivity contribution in [3.8, 4) is 0 Å². The van der Waals surface area contributed by atoms with Crippen molar-refractivity contribution in [1.29, 1.82) is 0 Å². The predicted molar refractivity (Wildman–Crippen MR) is 71.6 cm³/mol. The van der Waals surface area contributed by atoms with Crippen molar-refractivity contribution < 1.29 is 5.11 Å². The zero-order valence-electron chi connectivity index (χ0n) is 11.1. The molecule has 4 heteroatoms. The summed E-state index contributed by atoms with van der Waals surface area (Å²) in [5, 5.41) is 10.9. The number of imidazole rings is 1. The average molecular weight is 254 g/mol. The lowest BCUT2D eigenvalue weighted by molar-refractivity contribution is 0.107. The largest absolute Gasteiger partial charge is 0.390 e. The maximum absolute atomic E-state index is 9.78. The molecule has 0 aromatic carbocycles. The predicted octanol–water partition coefficient (Wildman–Crippen LogP) is 3.20. The van der Waals surface area contributed by atoms with E-state index in [0.717, 1.165) is 5.16 Å². The lowest BCUT2D eigenvalue weighted by atomic mass is 10.1. The van der Waals surface area contributed by atoms with E-state index in [0.29, 0.717) is 17.7 Å². The quantitative estimate of drug-likeness (QED) is 0.820. The van der Waals surface area contributed by atoms with Crippen LogP contribution in [-0.2, 0) is 0 Å². The molecule has 1 saturated carbocycles. The van der Waals surface area contributed by atoms with E-state index >= 15 is 0 Å². The molecule has 0 radical (unpaired) electrons. The Morgan fingerprint density at radius 2 is 2.18 bits per heavy atom. The molecule has 1 fully saturated rings. The maximum Gasteiger partial charge on any atom is 0.168 e. The van der Waals surface area contributed by atoms with E-state index in [1.165, 1.54) is 18.5 Å². The molecule has 0 unspecified atom stereocenters. The summed E-state index contributed by atoms with van der Waals surface area (Å²) in [5.74, 6) is 1.20. The standard InChI is InChI=1S/C13H22N2OS/c1-9(2)11-7-14-12(15(11)10-5-6-10)17-8-13(3,4)16/h7,9-10,16H,5-6,8H2,1-4H3. The third-order valence-electron chi connectivity index (χ3n) is 2.85. The minimum atomic E-state index is -0.636. The monoisotopic (exact) mass is 254 g/mol. The number of hydrogen-bond acceptors (Lipinski definition) is 3. The van der Waals surface area contributed by atoms with Gasteiger partial charge in [0.25, 0.3) is 0 Å². The Labute approximate surface area is 108 Å². The van der Waals surface area contributed by atoms with E-state index in [-0.39, 0.29) is 0 Å². The minimum absolute atomic E-state index is 0.514. The SMILES string of the molecule is CC(C)c1cnc(SCC(C)(C)O)n1C1CC1. The smallest absolute Gasteiger partial charge is 0.168 e. The highest BCUT2D eigenvalue weighted by molar-refractivity contribution is 7.99. The zero-order valence-corrected chi connectivity index (χ0v) is 11.9. The summed E-state index contributed by atoms with van der Waals surface area (Å²) in [6, 6.07) is 0.652. The molecule has 96 valence electrons. The van der Waals surface area contributed by atoms with Gasteiger partial charge in [-0.25, -0.2) is 4.98 Å². The lowest BCUT2D eigenvalue weighted by Crippen LogP contribution is -2.22. The van der Waals surface area contributed by atoms with Gasteiger partial charge in [-0.2, -0.15) is 0 Å². The second kappa shape index (κ2) is 4.65. The van der Waals surface area contributed by atoms with Gasteiger partial charge in [0.2, 0.25) is 0 Å². The zero-order chi connectivity index (χ0) is 12.6. The van der Waals surface area contributed by atoms with Crippen LogP contribution in [0.1, 0.15) is 58.2 Å². The summed E-state index contributed by atoms with van der Waals surface area (Å²) < 4.78 is 2.38. The summed E-state index contributed by atoms with van der Waals surface area (Å²) >= 11 is 1.66. The second-order valence-corrected chi connectivity index (χ2v) is 6.77. The molecule has 1 aliphatic carbocycles. The van der Waals surface area contributed by atoms with Crippen molar-refractivity contribution >= 4 is 11.8 Å². The van der Waals surface area contributed by atoms with Gasteiger partial charge in [-0.3, -0.25) is 0 Å². The summed E-state index contributed by atoms with van der Waals surface area (Å²) in [7, 11) is 0. The fraction of sp³-hybridized carbons (Fsp3) is 0.769. The fourth-order valence-electron chi connectivity index (χ4n) is 1.83. The van der Waals surface area contributed by atoms with Crippen molar-refractivity contribution in [3.63, 3.8) is 0 Å². The highest BCUT2D eigenvalue weighted by atomic mass is 32.2. The van der Waals surface area contributed by atoms with Crippen LogP contribution in [0.3, 0.4) is 0 Å². The van der Waals surface area contributed by atoms with Gasteiger partial charge < -0.3 is 9.67 Å². The van der Waals surface area contributed by atoms with Crippen LogP contribution in [0.5, 0.6) is 0 Å². The van der Waals surface area contributed by atoms with Gasteiger partial charge >= 0.3 is 0 Å². The van der Waals surface area contributed by atoms with E-state index in [1.807, 2.05) is 20.0 Å².